The van der Waals surface area contributed by atoms with Crippen LogP contribution >= 0.6 is 15.9 Å². The standard InChI is InChI=1S/C19H18BrN5/c1-13-10-16(20)6-7-17(13)22-18-11-21-24-19(23-18)25-9-8-14-4-2-3-5-15(14)12-25/h2-7,10-11H,8-9,12H2,1H3,(H,22,23,24). The van der Waals surface area contributed by atoms with E-state index in [1.807, 2.05) is 12.1 Å². The van der Waals surface area contributed by atoms with Crippen molar-refractivity contribution in [3.63, 3.8) is 0 Å². The first-order valence-corrected chi connectivity index (χ1v) is 9.03. The van der Waals surface area contributed by atoms with Gasteiger partial charge in [-0.1, -0.05) is 40.2 Å². The van der Waals surface area contributed by atoms with Crippen LogP contribution in [-0.4, -0.2) is 21.7 Å². The predicted octanol–water partition coefficient (Wildman–Crippen LogP) is 4.25. The number of aromatic nitrogens is 3. The first-order chi connectivity index (χ1) is 12.2. The number of hydrogen-bond acceptors (Lipinski definition) is 5. The number of rotatable bonds is 3. The summed E-state index contributed by atoms with van der Waals surface area (Å²) in [7, 11) is 0. The molecule has 2 aromatic carbocycles. The van der Waals surface area contributed by atoms with E-state index in [-0.39, 0.29) is 0 Å². The molecule has 0 fully saturated rings. The molecule has 25 heavy (non-hydrogen) atoms. The molecule has 3 aromatic rings. The first-order valence-electron chi connectivity index (χ1n) is 8.24. The SMILES string of the molecule is Cc1cc(Br)ccc1Nc1cnnc(N2CCc3ccccc3C2)n1. The molecule has 0 amide bonds. The van der Waals surface area contributed by atoms with E-state index in [0.717, 1.165) is 35.2 Å². The predicted molar refractivity (Wildman–Crippen MR) is 103 cm³/mol. The van der Waals surface area contributed by atoms with Gasteiger partial charge in [0.2, 0.25) is 5.95 Å². The lowest BCUT2D eigenvalue weighted by atomic mass is 10.0. The summed E-state index contributed by atoms with van der Waals surface area (Å²) in [4.78, 5) is 6.83. The number of nitrogens with one attached hydrogen (secondary N) is 1. The molecule has 2 heterocycles. The van der Waals surface area contributed by atoms with Crippen molar-refractivity contribution in [2.75, 3.05) is 16.8 Å². The molecule has 5 nitrogen and oxygen atoms in total. The van der Waals surface area contributed by atoms with Gasteiger partial charge in [-0.2, -0.15) is 10.1 Å². The van der Waals surface area contributed by atoms with Gasteiger partial charge >= 0.3 is 0 Å². The van der Waals surface area contributed by atoms with Gasteiger partial charge in [-0.25, -0.2) is 0 Å². The van der Waals surface area contributed by atoms with Crippen LogP contribution in [0.2, 0.25) is 0 Å². The van der Waals surface area contributed by atoms with E-state index < -0.39 is 0 Å². The molecule has 1 aliphatic rings. The Morgan fingerprint density at radius 1 is 1.12 bits per heavy atom. The average molecular weight is 396 g/mol. The van der Waals surface area contributed by atoms with Gasteiger partial charge < -0.3 is 10.2 Å². The molecule has 126 valence electrons. The van der Waals surface area contributed by atoms with E-state index >= 15 is 0 Å². The fraction of sp³-hybridized carbons (Fsp3) is 0.211. The average Bonchev–Trinajstić information content (AvgIpc) is 2.64. The fourth-order valence-electron chi connectivity index (χ4n) is 3.06. The molecular weight excluding hydrogens is 378 g/mol. The molecular formula is C19H18BrN5. The minimum absolute atomic E-state index is 0.661. The highest BCUT2D eigenvalue weighted by Gasteiger charge is 2.18. The van der Waals surface area contributed by atoms with Crippen LogP contribution in [0.15, 0.2) is 53.1 Å². The number of hydrogen-bond donors (Lipinski definition) is 1. The highest BCUT2D eigenvalue weighted by molar-refractivity contribution is 9.10. The van der Waals surface area contributed by atoms with Gasteiger partial charge in [0.15, 0.2) is 5.82 Å². The number of anilines is 3. The fourth-order valence-corrected chi connectivity index (χ4v) is 3.54. The van der Waals surface area contributed by atoms with Crippen LogP contribution in [-0.2, 0) is 13.0 Å². The Hall–Kier alpha value is -2.47. The third-order valence-electron chi connectivity index (χ3n) is 4.41. The quantitative estimate of drug-likeness (QED) is 0.718. The van der Waals surface area contributed by atoms with Crippen molar-refractivity contribution < 1.29 is 0 Å². The van der Waals surface area contributed by atoms with Crippen molar-refractivity contribution in [3.05, 3.63) is 69.8 Å². The molecule has 1 aliphatic heterocycles. The summed E-state index contributed by atoms with van der Waals surface area (Å²) >= 11 is 3.49. The van der Waals surface area contributed by atoms with Crippen LogP contribution in [0.4, 0.5) is 17.5 Å². The van der Waals surface area contributed by atoms with Crippen molar-refractivity contribution in [3.8, 4) is 0 Å². The lowest BCUT2D eigenvalue weighted by Crippen LogP contribution is -2.32. The second-order valence-electron chi connectivity index (χ2n) is 6.17. The van der Waals surface area contributed by atoms with Gasteiger partial charge in [0.25, 0.3) is 0 Å². The van der Waals surface area contributed by atoms with Gasteiger partial charge in [0.1, 0.15) is 0 Å². The summed E-state index contributed by atoms with van der Waals surface area (Å²) in [6.45, 7) is 3.78. The number of halogens is 1. The van der Waals surface area contributed by atoms with Crippen molar-refractivity contribution in [2.45, 2.75) is 19.9 Å². The zero-order chi connectivity index (χ0) is 17.2. The van der Waals surface area contributed by atoms with Crippen LogP contribution in [0.25, 0.3) is 0 Å². The molecule has 0 saturated carbocycles. The van der Waals surface area contributed by atoms with Crippen LogP contribution in [0.5, 0.6) is 0 Å². The Balaban J connectivity index is 1.56. The Bertz CT molecular complexity index is 912. The number of fused-ring (bicyclic) bond motifs is 1. The number of nitrogens with zero attached hydrogens (tertiary/aromatic N) is 4. The summed E-state index contributed by atoms with van der Waals surface area (Å²) in [6.07, 6.45) is 2.66. The number of aryl methyl sites for hydroxylation is 1. The van der Waals surface area contributed by atoms with E-state index in [0.29, 0.717) is 11.8 Å². The van der Waals surface area contributed by atoms with Crippen LogP contribution in [0, 0.1) is 6.92 Å². The lowest BCUT2D eigenvalue weighted by Gasteiger charge is -2.28. The smallest absolute Gasteiger partial charge is 0.247 e. The maximum Gasteiger partial charge on any atom is 0.247 e. The topological polar surface area (TPSA) is 53.9 Å². The van der Waals surface area contributed by atoms with E-state index in [2.05, 4.69) is 78.6 Å². The van der Waals surface area contributed by atoms with Gasteiger partial charge in [0.05, 0.1) is 6.20 Å². The van der Waals surface area contributed by atoms with Gasteiger partial charge in [-0.05, 0) is 48.2 Å². The maximum absolute atomic E-state index is 4.66. The minimum atomic E-state index is 0.661. The van der Waals surface area contributed by atoms with Gasteiger partial charge in [-0.3, -0.25) is 0 Å². The second-order valence-corrected chi connectivity index (χ2v) is 7.08. The Morgan fingerprint density at radius 3 is 2.80 bits per heavy atom. The Morgan fingerprint density at radius 2 is 1.96 bits per heavy atom. The molecule has 0 bridgehead atoms. The largest absolute Gasteiger partial charge is 0.339 e. The molecule has 0 unspecified atom stereocenters. The molecule has 0 atom stereocenters. The van der Waals surface area contributed by atoms with Crippen molar-refractivity contribution in [1.82, 2.24) is 15.2 Å². The van der Waals surface area contributed by atoms with Gasteiger partial charge in [-0.15, -0.1) is 5.10 Å². The first kappa shape index (κ1) is 16.0. The maximum atomic E-state index is 4.66. The molecule has 4 rings (SSSR count). The zero-order valence-corrected chi connectivity index (χ0v) is 15.5. The van der Waals surface area contributed by atoms with Crippen LogP contribution in [0.3, 0.4) is 0 Å². The monoisotopic (exact) mass is 395 g/mol. The third-order valence-corrected chi connectivity index (χ3v) is 4.91. The Labute approximate surface area is 155 Å². The summed E-state index contributed by atoms with van der Waals surface area (Å²) in [5.41, 5.74) is 4.89. The minimum Gasteiger partial charge on any atom is -0.339 e. The lowest BCUT2D eigenvalue weighted by molar-refractivity contribution is 0.698. The summed E-state index contributed by atoms with van der Waals surface area (Å²) in [5, 5.41) is 11.7. The summed E-state index contributed by atoms with van der Waals surface area (Å²) < 4.78 is 1.06. The molecule has 1 aromatic heterocycles. The van der Waals surface area contributed by atoms with Crippen molar-refractivity contribution in [2.24, 2.45) is 0 Å². The summed E-state index contributed by atoms with van der Waals surface area (Å²) in [5.74, 6) is 1.36. The van der Waals surface area contributed by atoms with E-state index in [4.69, 9.17) is 0 Å². The second kappa shape index (κ2) is 6.80. The van der Waals surface area contributed by atoms with Gasteiger partial charge in [0, 0.05) is 23.2 Å². The molecule has 0 spiro atoms. The van der Waals surface area contributed by atoms with E-state index in [1.54, 1.807) is 6.20 Å². The molecule has 0 aliphatic carbocycles. The van der Waals surface area contributed by atoms with E-state index in [9.17, 15) is 0 Å². The van der Waals surface area contributed by atoms with Crippen molar-refractivity contribution >= 4 is 33.4 Å². The molecule has 6 heteroatoms. The molecule has 0 saturated heterocycles. The number of benzene rings is 2. The van der Waals surface area contributed by atoms with E-state index in [1.165, 1.54) is 11.1 Å². The Kier molecular flexibility index (Phi) is 4.36. The van der Waals surface area contributed by atoms with Crippen molar-refractivity contribution in [1.29, 1.82) is 0 Å². The summed E-state index contributed by atoms with van der Waals surface area (Å²) in [6, 6.07) is 14.6. The van der Waals surface area contributed by atoms with Crippen LogP contribution in [0.1, 0.15) is 16.7 Å². The normalized spacial score (nSPS) is 13.4. The third kappa shape index (κ3) is 3.49. The zero-order valence-electron chi connectivity index (χ0n) is 13.9. The molecule has 0 radical (unpaired) electrons. The highest BCUT2D eigenvalue weighted by Crippen LogP contribution is 2.25. The molecule has 1 N–H and O–H groups in total. The van der Waals surface area contributed by atoms with Crippen LogP contribution < -0.4 is 10.2 Å². The highest BCUT2D eigenvalue weighted by atomic mass is 79.9.